The molecule has 2 aromatic carbocycles. The standard InChI is InChI=1S/C18H14FN3O4/c1-11-20-17(21-22(11)14-5-3-13(19)4-6-14)18(23)24-9-12-2-7-15-16(8-12)26-10-25-15/h2-8H,9-10H2,1H3. The number of benzene rings is 2. The highest BCUT2D eigenvalue weighted by molar-refractivity contribution is 5.85. The van der Waals surface area contributed by atoms with Crippen molar-refractivity contribution in [2.45, 2.75) is 13.5 Å². The van der Waals surface area contributed by atoms with Gasteiger partial charge in [0.2, 0.25) is 6.79 Å². The van der Waals surface area contributed by atoms with Crippen LogP contribution >= 0.6 is 0 Å². The summed E-state index contributed by atoms with van der Waals surface area (Å²) in [5.74, 6) is 0.712. The molecule has 1 aliphatic heterocycles. The van der Waals surface area contributed by atoms with Crippen LogP contribution in [0.4, 0.5) is 4.39 Å². The van der Waals surface area contributed by atoms with Crippen LogP contribution < -0.4 is 9.47 Å². The van der Waals surface area contributed by atoms with Crippen LogP contribution in [0.25, 0.3) is 5.69 Å². The number of hydrogen-bond acceptors (Lipinski definition) is 6. The molecule has 2 heterocycles. The van der Waals surface area contributed by atoms with Gasteiger partial charge in [0.1, 0.15) is 18.2 Å². The Balaban J connectivity index is 1.47. The van der Waals surface area contributed by atoms with Gasteiger partial charge in [-0.05, 0) is 48.9 Å². The number of fused-ring (bicyclic) bond motifs is 1. The van der Waals surface area contributed by atoms with E-state index in [9.17, 15) is 9.18 Å². The second-order valence-electron chi connectivity index (χ2n) is 5.63. The molecular formula is C18H14FN3O4. The minimum absolute atomic E-state index is 0.0552. The van der Waals surface area contributed by atoms with Crippen LogP contribution in [0.15, 0.2) is 42.5 Å². The van der Waals surface area contributed by atoms with Gasteiger partial charge in [-0.1, -0.05) is 6.07 Å². The summed E-state index contributed by atoms with van der Waals surface area (Å²) in [6, 6.07) is 11.0. The van der Waals surface area contributed by atoms with E-state index in [1.807, 2.05) is 0 Å². The van der Waals surface area contributed by atoms with Gasteiger partial charge < -0.3 is 14.2 Å². The van der Waals surface area contributed by atoms with Gasteiger partial charge in [-0.2, -0.15) is 0 Å². The molecule has 1 aromatic heterocycles. The molecule has 132 valence electrons. The molecule has 4 rings (SSSR count). The molecule has 3 aromatic rings. The highest BCUT2D eigenvalue weighted by atomic mass is 19.1. The SMILES string of the molecule is Cc1nc(C(=O)OCc2ccc3c(c2)OCO3)nn1-c1ccc(F)cc1. The summed E-state index contributed by atoms with van der Waals surface area (Å²) in [6.07, 6.45) is 0. The third-order valence-electron chi connectivity index (χ3n) is 3.83. The zero-order valence-corrected chi connectivity index (χ0v) is 13.8. The molecule has 1 aliphatic rings. The fourth-order valence-electron chi connectivity index (χ4n) is 2.55. The number of hydrogen-bond donors (Lipinski definition) is 0. The molecule has 7 nitrogen and oxygen atoms in total. The lowest BCUT2D eigenvalue weighted by molar-refractivity contribution is 0.0458. The van der Waals surface area contributed by atoms with Crippen LogP contribution in [0, 0.1) is 12.7 Å². The fraction of sp³-hybridized carbons (Fsp3) is 0.167. The Kier molecular flexibility index (Phi) is 4.00. The minimum atomic E-state index is -0.647. The summed E-state index contributed by atoms with van der Waals surface area (Å²) in [4.78, 5) is 16.3. The normalized spacial score (nSPS) is 12.2. The average molecular weight is 355 g/mol. The number of nitrogens with zero attached hydrogens (tertiary/aromatic N) is 3. The lowest BCUT2D eigenvalue weighted by atomic mass is 10.2. The molecule has 0 aliphatic carbocycles. The zero-order valence-electron chi connectivity index (χ0n) is 13.8. The second-order valence-corrected chi connectivity index (χ2v) is 5.63. The first-order chi connectivity index (χ1) is 12.6. The van der Waals surface area contributed by atoms with E-state index < -0.39 is 5.97 Å². The Morgan fingerprint density at radius 1 is 1.19 bits per heavy atom. The van der Waals surface area contributed by atoms with Crippen molar-refractivity contribution in [3.05, 3.63) is 65.5 Å². The monoisotopic (exact) mass is 355 g/mol. The van der Waals surface area contributed by atoms with Crippen LogP contribution in [0.5, 0.6) is 11.5 Å². The van der Waals surface area contributed by atoms with Crippen molar-refractivity contribution in [2.75, 3.05) is 6.79 Å². The first-order valence-corrected chi connectivity index (χ1v) is 7.85. The quantitative estimate of drug-likeness (QED) is 0.670. The number of carbonyl (C=O) groups excluding carboxylic acids is 1. The van der Waals surface area contributed by atoms with Crippen LogP contribution in [0.1, 0.15) is 22.0 Å². The van der Waals surface area contributed by atoms with E-state index in [4.69, 9.17) is 14.2 Å². The summed E-state index contributed by atoms with van der Waals surface area (Å²) in [5, 5.41) is 4.14. The largest absolute Gasteiger partial charge is 0.455 e. The smallest absolute Gasteiger partial charge is 0.378 e. The molecule has 0 saturated heterocycles. The maximum Gasteiger partial charge on any atom is 0.378 e. The molecule has 0 N–H and O–H groups in total. The van der Waals surface area contributed by atoms with Crippen LogP contribution in [-0.4, -0.2) is 27.5 Å². The Bertz CT molecular complexity index is 969. The molecule has 8 heteroatoms. The van der Waals surface area contributed by atoms with Crippen molar-refractivity contribution in [1.29, 1.82) is 0 Å². The van der Waals surface area contributed by atoms with Gasteiger partial charge in [-0.25, -0.2) is 18.9 Å². The fourth-order valence-corrected chi connectivity index (χ4v) is 2.55. The van der Waals surface area contributed by atoms with Crippen LogP contribution in [0.2, 0.25) is 0 Å². The molecule has 0 fully saturated rings. The van der Waals surface area contributed by atoms with E-state index in [2.05, 4.69) is 10.1 Å². The van der Waals surface area contributed by atoms with Gasteiger partial charge in [0.15, 0.2) is 11.5 Å². The third kappa shape index (κ3) is 3.08. The van der Waals surface area contributed by atoms with Gasteiger partial charge in [0.05, 0.1) is 5.69 Å². The zero-order chi connectivity index (χ0) is 18.1. The number of halogens is 1. The lowest BCUT2D eigenvalue weighted by Gasteiger charge is -2.04. The number of aryl methyl sites for hydroxylation is 1. The van der Waals surface area contributed by atoms with E-state index in [1.54, 1.807) is 37.3 Å². The van der Waals surface area contributed by atoms with Crippen molar-refractivity contribution in [2.24, 2.45) is 0 Å². The molecule has 0 atom stereocenters. The molecular weight excluding hydrogens is 341 g/mol. The Labute approximate surface area is 147 Å². The molecule has 0 saturated carbocycles. The van der Waals surface area contributed by atoms with Gasteiger partial charge in [0.25, 0.3) is 5.82 Å². The summed E-state index contributed by atoms with van der Waals surface area (Å²) >= 11 is 0. The number of ether oxygens (including phenoxy) is 3. The highest BCUT2D eigenvalue weighted by Crippen LogP contribution is 2.32. The summed E-state index contributed by atoms with van der Waals surface area (Å²) in [6.45, 7) is 1.94. The Morgan fingerprint density at radius 3 is 2.77 bits per heavy atom. The highest BCUT2D eigenvalue weighted by Gasteiger charge is 2.18. The molecule has 0 amide bonds. The Hall–Kier alpha value is -3.42. The van der Waals surface area contributed by atoms with Crippen molar-refractivity contribution in [1.82, 2.24) is 14.8 Å². The van der Waals surface area contributed by atoms with Gasteiger partial charge in [-0.3, -0.25) is 0 Å². The van der Waals surface area contributed by atoms with Gasteiger partial charge >= 0.3 is 5.97 Å². The van der Waals surface area contributed by atoms with Crippen LogP contribution in [0.3, 0.4) is 0 Å². The molecule has 0 spiro atoms. The van der Waals surface area contributed by atoms with E-state index in [-0.39, 0.29) is 25.0 Å². The molecule has 0 bridgehead atoms. The summed E-state index contributed by atoms with van der Waals surface area (Å²) in [7, 11) is 0. The number of carbonyl (C=O) groups is 1. The van der Waals surface area contributed by atoms with Gasteiger partial charge in [0, 0.05) is 0 Å². The van der Waals surface area contributed by atoms with E-state index in [0.717, 1.165) is 5.56 Å². The van der Waals surface area contributed by atoms with E-state index >= 15 is 0 Å². The van der Waals surface area contributed by atoms with E-state index in [1.165, 1.54) is 16.8 Å². The minimum Gasteiger partial charge on any atom is -0.455 e. The van der Waals surface area contributed by atoms with E-state index in [0.29, 0.717) is 23.0 Å². The first-order valence-electron chi connectivity index (χ1n) is 7.85. The van der Waals surface area contributed by atoms with Crippen molar-refractivity contribution < 1.29 is 23.4 Å². The van der Waals surface area contributed by atoms with Gasteiger partial charge in [-0.15, -0.1) is 5.10 Å². The predicted octanol–water partition coefficient (Wildman–Crippen LogP) is 2.80. The average Bonchev–Trinajstić information content (AvgIpc) is 3.26. The summed E-state index contributed by atoms with van der Waals surface area (Å²) in [5.41, 5.74) is 1.36. The first kappa shape index (κ1) is 16.1. The number of rotatable bonds is 4. The topological polar surface area (TPSA) is 75.5 Å². The second kappa shape index (κ2) is 6.47. The summed E-state index contributed by atoms with van der Waals surface area (Å²) < 4.78 is 30.3. The maximum absolute atomic E-state index is 13.0. The van der Waals surface area contributed by atoms with Crippen molar-refractivity contribution >= 4 is 5.97 Å². The van der Waals surface area contributed by atoms with Crippen molar-refractivity contribution in [3.8, 4) is 17.2 Å². The number of esters is 1. The maximum atomic E-state index is 13.0. The lowest BCUT2D eigenvalue weighted by Crippen LogP contribution is -2.08. The predicted molar refractivity (Wildman–Crippen MR) is 87.7 cm³/mol. The molecule has 0 radical (unpaired) electrons. The Morgan fingerprint density at radius 2 is 1.96 bits per heavy atom. The molecule has 26 heavy (non-hydrogen) atoms. The number of aromatic nitrogens is 3. The van der Waals surface area contributed by atoms with Crippen molar-refractivity contribution in [3.63, 3.8) is 0 Å². The third-order valence-corrected chi connectivity index (χ3v) is 3.83. The molecule has 0 unspecified atom stereocenters. The van der Waals surface area contributed by atoms with Crippen LogP contribution in [-0.2, 0) is 11.3 Å².